The maximum absolute atomic E-state index is 10.4. The molecular weight excluding hydrogens is 238 g/mol. The summed E-state index contributed by atoms with van der Waals surface area (Å²) in [4.78, 5) is 18.6. The van der Waals surface area contributed by atoms with Crippen LogP contribution in [0.15, 0.2) is 6.07 Å². The van der Waals surface area contributed by atoms with E-state index < -0.39 is 5.91 Å². The van der Waals surface area contributed by atoms with Crippen LogP contribution in [0.5, 0.6) is 0 Å². The van der Waals surface area contributed by atoms with Crippen molar-refractivity contribution in [2.24, 2.45) is 5.73 Å². The molecule has 0 aliphatic carbocycles. The summed E-state index contributed by atoms with van der Waals surface area (Å²) < 4.78 is 9.91. The number of nitrogens with two attached hydrogens (primary N) is 2. The maximum Gasteiger partial charge on any atom is 0.243 e. The second-order valence-electron chi connectivity index (χ2n) is 3.47. The highest BCUT2D eigenvalue weighted by Crippen LogP contribution is 2.08. The Bertz CT molecular complexity index is 399. The summed E-state index contributed by atoms with van der Waals surface area (Å²) in [6.07, 6.45) is 0. The van der Waals surface area contributed by atoms with Crippen molar-refractivity contribution in [3.05, 3.63) is 11.9 Å². The molecule has 0 fully saturated rings. The largest absolute Gasteiger partial charge is 0.384 e. The van der Waals surface area contributed by atoms with Gasteiger partial charge in [0.15, 0.2) is 5.82 Å². The van der Waals surface area contributed by atoms with Gasteiger partial charge < -0.3 is 26.3 Å². The Morgan fingerprint density at radius 1 is 1.50 bits per heavy atom. The number of rotatable bonds is 8. The van der Waals surface area contributed by atoms with Gasteiger partial charge in [-0.1, -0.05) is 0 Å². The molecule has 0 spiro atoms. The summed E-state index contributed by atoms with van der Waals surface area (Å²) in [5.74, 6) is 0.941. The SMILES string of the molecule is COCc1nc(N)cc(NCCOCC(N)=O)n1. The Balaban J connectivity index is 2.39. The molecule has 1 heterocycles. The molecule has 8 nitrogen and oxygen atoms in total. The van der Waals surface area contributed by atoms with Crippen LogP contribution < -0.4 is 16.8 Å². The standard InChI is InChI=1S/C10H17N5O3/c1-17-6-10-14-7(11)4-9(15-10)13-2-3-18-5-8(12)16/h4H,2-3,5-6H2,1H3,(H2,12,16)(H3,11,13,14,15). The van der Waals surface area contributed by atoms with Crippen LogP contribution in [0.1, 0.15) is 5.82 Å². The number of amides is 1. The van der Waals surface area contributed by atoms with E-state index in [1.54, 1.807) is 13.2 Å². The van der Waals surface area contributed by atoms with Gasteiger partial charge in [0.1, 0.15) is 24.8 Å². The number of aromatic nitrogens is 2. The molecular formula is C10H17N5O3. The highest BCUT2D eigenvalue weighted by atomic mass is 16.5. The van der Waals surface area contributed by atoms with Gasteiger partial charge in [-0.2, -0.15) is 0 Å². The van der Waals surface area contributed by atoms with E-state index in [4.69, 9.17) is 20.9 Å². The van der Waals surface area contributed by atoms with E-state index in [1.165, 1.54) is 0 Å². The molecule has 0 aromatic carbocycles. The van der Waals surface area contributed by atoms with Crippen molar-refractivity contribution in [2.75, 3.05) is 37.9 Å². The predicted molar refractivity (Wildman–Crippen MR) is 65.7 cm³/mol. The Morgan fingerprint density at radius 3 is 2.94 bits per heavy atom. The van der Waals surface area contributed by atoms with Crippen LogP contribution in [0.25, 0.3) is 0 Å². The first-order chi connectivity index (χ1) is 8.61. The van der Waals surface area contributed by atoms with E-state index in [0.29, 0.717) is 30.6 Å². The first-order valence-corrected chi connectivity index (χ1v) is 5.34. The highest BCUT2D eigenvalue weighted by molar-refractivity contribution is 5.74. The first-order valence-electron chi connectivity index (χ1n) is 5.34. The number of hydrogen-bond donors (Lipinski definition) is 3. The molecule has 0 bridgehead atoms. The number of hydrogen-bond acceptors (Lipinski definition) is 7. The van der Waals surface area contributed by atoms with Crippen molar-refractivity contribution in [1.82, 2.24) is 9.97 Å². The van der Waals surface area contributed by atoms with Crippen LogP contribution in [0.3, 0.4) is 0 Å². The van der Waals surface area contributed by atoms with Gasteiger partial charge in [-0.15, -0.1) is 0 Å². The Hall–Kier alpha value is -1.93. The fourth-order valence-electron chi connectivity index (χ4n) is 1.23. The smallest absolute Gasteiger partial charge is 0.243 e. The summed E-state index contributed by atoms with van der Waals surface area (Å²) in [7, 11) is 1.55. The summed E-state index contributed by atoms with van der Waals surface area (Å²) in [5, 5.41) is 2.99. The molecule has 100 valence electrons. The zero-order valence-corrected chi connectivity index (χ0v) is 10.2. The zero-order valence-electron chi connectivity index (χ0n) is 10.2. The van der Waals surface area contributed by atoms with E-state index in [1.807, 2.05) is 0 Å². The molecule has 8 heteroatoms. The number of primary amides is 1. The molecule has 1 aromatic heterocycles. The third-order valence-electron chi connectivity index (χ3n) is 1.86. The van der Waals surface area contributed by atoms with Gasteiger partial charge in [0.2, 0.25) is 5.91 Å². The minimum atomic E-state index is -0.497. The molecule has 0 atom stereocenters. The molecule has 0 unspecified atom stereocenters. The lowest BCUT2D eigenvalue weighted by Crippen LogP contribution is -2.20. The third-order valence-corrected chi connectivity index (χ3v) is 1.86. The van der Waals surface area contributed by atoms with Gasteiger partial charge in [-0.3, -0.25) is 4.79 Å². The van der Waals surface area contributed by atoms with Crippen LogP contribution in [-0.2, 0) is 20.9 Å². The van der Waals surface area contributed by atoms with Gasteiger partial charge in [0, 0.05) is 19.7 Å². The van der Waals surface area contributed by atoms with E-state index >= 15 is 0 Å². The number of anilines is 2. The minimum absolute atomic E-state index is 0.0947. The Kier molecular flexibility index (Phi) is 5.81. The quantitative estimate of drug-likeness (QED) is 0.515. The molecule has 18 heavy (non-hydrogen) atoms. The summed E-state index contributed by atoms with van der Waals surface area (Å²) in [6, 6.07) is 1.60. The number of nitrogens with one attached hydrogen (secondary N) is 1. The summed E-state index contributed by atoms with van der Waals surface area (Å²) >= 11 is 0. The molecule has 0 aliphatic heterocycles. The molecule has 5 N–H and O–H groups in total. The maximum atomic E-state index is 10.4. The van der Waals surface area contributed by atoms with E-state index in [2.05, 4.69) is 15.3 Å². The molecule has 0 saturated heterocycles. The normalized spacial score (nSPS) is 10.3. The second-order valence-corrected chi connectivity index (χ2v) is 3.47. The fraction of sp³-hybridized carbons (Fsp3) is 0.500. The summed E-state index contributed by atoms with van der Waals surface area (Å²) in [5.41, 5.74) is 10.5. The van der Waals surface area contributed by atoms with Crippen molar-refractivity contribution < 1.29 is 14.3 Å². The number of nitrogens with zero attached hydrogens (tertiary/aromatic N) is 2. The Morgan fingerprint density at radius 2 is 2.28 bits per heavy atom. The molecule has 0 saturated carbocycles. The van der Waals surface area contributed by atoms with Gasteiger partial charge in [0.25, 0.3) is 0 Å². The number of carbonyl (C=O) groups excluding carboxylic acids is 1. The molecule has 0 radical (unpaired) electrons. The third kappa shape index (κ3) is 5.41. The van der Waals surface area contributed by atoms with Crippen molar-refractivity contribution in [1.29, 1.82) is 0 Å². The van der Waals surface area contributed by atoms with Crippen LogP contribution in [0, 0.1) is 0 Å². The van der Waals surface area contributed by atoms with Gasteiger partial charge in [0.05, 0.1) is 6.61 Å². The minimum Gasteiger partial charge on any atom is -0.384 e. The van der Waals surface area contributed by atoms with Crippen molar-refractivity contribution in [2.45, 2.75) is 6.61 Å². The molecule has 1 amide bonds. The average molecular weight is 255 g/mol. The lowest BCUT2D eigenvalue weighted by molar-refractivity contribution is -0.122. The number of methoxy groups -OCH3 is 1. The van der Waals surface area contributed by atoms with Crippen LogP contribution in [0.2, 0.25) is 0 Å². The van der Waals surface area contributed by atoms with Crippen LogP contribution in [-0.4, -0.2) is 42.7 Å². The Labute approximate surface area is 105 Å². The summed E-state index contributed by atoms with van der Waals surface area (Å²) in [6.45, 7) is 1.02. The second kappa shape index (κ2) is 7.41. The lowest BCUT2D eigenvalue weighted by Gasteiger charge is -2.08. The fourth-order valence-corrected chi connectivity index (χ4v) is 1.23. The molecule has 1 aromatic rings. The van der Waals surface area contributed by atoms with Gasteiger partial charge in [-0.25, -0.2) is 9.97 Å². The average Bonchev–Trinajstić information content (AvgIpc) is 2.28. The van der Waals surface area contributed by atoms with E-state index in [0.717, 1.165) is 0 Å². The molecule has 0 aliphatic rings. The van der Waals surface area contributed by atoms with E-state index in [9.17, 15) is 4.79 Å². The van der Waals surface area contributed by atoms with Gasteiger partial charge >= 0.3 is 0 Å². The van der Waals surface area contributed by atoms with Crippen LogP contribution in [0.4, 0.5) is 11.6 Å². The predicted octanol–water partition coefficient (Wildman–Crippen LogP) is -0.881. The molecule has 1 rings (SSSR count). The number of ether oxygens (including phenoxy) is 2. The number of nitrogen functional groups attached to an aromatic ring is 1. The first kappa shape index (κ1) is 14.1. The van der Waals surface area contributed by atoms with Crippen molar-refractivity contribution >= 4 is 17.5 Å². The van der Waals surface area contributed by atoms with Crippen LogP contribution >= 0.6 is 0 Å². The van der Waals surface area contributed by atoms with Crippen molar-refractivity contribution in [3.8, 4) is 0 Å². The lowest BCUT2D eigenvalue weighted by atomic mass is 10.5. The number of carbonyl (C=O) groups is 1. The monoisotopic (exact) mass is 255 g/mol. The van der Waals surface area contributed by atoms with E-state index in [-0.39, 0.29) is 13.2 Å². The zero-order chi connectivity index (χ0) is 13.4. The topological polar surface area (TPSA) is 125 Å². The highest BCUT2D eigenvalue weighted by Gasteiger charge is 2.02. The van der Waals surface area contributed by atoms with Crippen molar-refractivity contribution in [3.63, 3.8) is 0 Å². The van der Waals surface area contributed by atoms with Gasteiger partial charge in [-0.05, 0) is 0 Å².